The normalized spacial score (nSPS) is 13.6. The molecule has 0 aliphatic heterocycles. The molecule has 1 unspecified atom stereocenters. The van der Waals surface area contributed by atoms with E-state index in [1.54, 1.807) is 11.3 Å². The van der Waals surface area contributed by atoms with Crippen molar-refractivity contribution in [3.63, 3.8) is 0 Å². The molecule has 6 heteroatoms. The predicted octanol–water partition coefficient (Wildman–Crippen LogP) is 2.27. The summed E-state index contributed by atoms with van der Waals surface area (Å²) < 4.78 is 0. The number of guanidine groups is 1. The van der Waals surface area contributed by atoms with Crippen molar-refractivity contribution in [3.05, 3.63) is 22.4 Å². The minimum Gasteiger partial charge on any atom is -0.357 e. The van der Waals surface area contributed by atoms with Crippen LogP contribution in [0.4, 0.5) is 0 Å². The van der Waals surface area contributed by atoms with Gasteiger partial charge in [0.2, 0.25) is 0 Å². The van der Waals surface area contributed by atoms with Gasteiger partial charge in [0.1, 0.15) is 0 Å². The molecule has 1 aromatic heterocycles. The van der Waals surface area contributed by atoms with Crippen LogP contribution in [-0.2, 0) is 0 Å². The van der Waals surface area contributed by atoms with E-state index in [2.05, 4.69) is 60.3 Å². The van der Waals surface area contributed by atoms with Gasteiger partial charge in [0.25, 0.3) is 0 Å². The van der Waals surface area contributed by atoms with Gasteiger partial charge in [-0.25, -0.2) is 0 Å². The number of nitrogens with one attached hydrogen (secondary N) is 2. The van der Waals surface area contributed by atoms with E-state index in [1.165, 1.54) is 4.88 Å². The molecule has 4 nitrogen and oxygen atoms in total. The first-order chi connectivity index (χ1) is 9.69. The van der Waals surface area contributed by atoms with Crippen molar-refractivity contribution < 1.29 is 0 Å². The second-order valence-corrected chi connectivity index (χ2v) is 6.60. The van der Waals surface area contributed by atoms with Crippen LogP contribution in [0.25, 0.3) is 0 Å². The van der Waals surface area contributed by atoms with E-state index >= 15 is 0 Å². The molecule has 1 atom stereocenters. The molecule has 114 valence electrons. The Labute approximate surface area is 131 Å². The Morgan fingerprint density at radius 2 is 2.25 bits per heavy atom. The Balaban J connectivity index is 2.62. The van der Waals surface area contributed by atoms with Gasteiger partial charge in [0, 0.05) is 23.7 Å². The minimum absolute atomic E-state index is 0.339. The van der Waals surface area contributed by atoms with Crippen LogP contribution in [0.5, 0.6) is 0 Å². The standard InChI is InChI=1S/C14H26N4S2/c1-5-15-14(16-8-10-19-4)17-11-12(18(2)3)13-7-6-9-20-13/h6-7,9,12H,5,8,10-11H2,1-4H3,(H2,15,16,17). The summed E-state index contributed by atoms with van der Waals surface area (Å²) >= 11 is 3.63. The number of rotatable bonds is 8. The molecular weight excluding hydrogens is 288 g/mol. The molecule has 0 spiro atoms. The number of likely N-dealkylation sites (N-methyl/N-ethyl adjacent to an activating group) is 1. The molecule has 1 heterocycles. The van der Waals surface area contributed by atoms with E-state index in [9.17, 15) is 0 Å². The van der Waals surface area contributed by atoms with E-state index in [4.69, 9.17) is 4.99 Å². The van der Waals surface area contributed by atoms with Gasteiger partial charge in [0.15, 0.2) is 5.96 Å². The average molecular weight is 315 g/mol. The summed E-state index contributed by atoms with van der Waals surface area (Å²) in [5, 5.41) is 8.78. The number of thiophene rings is 1. The van der Waals surface area contributed by atoms with Crippen LogP contribution in [0.2, 0.25) is 0 Å². The first kappa shape index (κ1) is 17.3. The Kier molecular flexibility index (Phi) is 8.73. The summed E-state index contributed by atoms with van der Waals surface area (Å²) in [5.41, 5.74) is 0. The SMILES string of the molecule is CCNC(=NCC(c1cccs1)N(C)C)NCCSC. The molecule has 0 saturated heterocycles. The number of thioether (sulfide) groups is 1. The number of hydrogen-bond acceptors (Lipinski definition) is 4. The van der Waals surface area contributed by atoms with Gasteiger partial charge in [-0.1, -0.05) is 6.07 Å². The lowest BCUT2D eigenvalue weighted by Crippen LogP contribution is -2.39. The first-order valence-electron chi connectivity index (χ1n) is 6.90. The highest BCUT2D eigenvalue weighted by Gasteiger charge is 2.14. The fraction of sp³-hybridized carbons (Fsp3) is 0.643. The van der Waals surface area contributed by atoms with Crippen molar-refractivity contribution in [2.24, 2.45) is 4.99 Å². The zero-order valence-electron chi connectivity index (χ0n) is 12.8. The largest absolute Gasteiger partial charge is 0.357 e. The van der Waals surface area contributed by atoms with Gasteiger partial charge < -0.3 is 15.5 Å². The molecule has 2 N–H and O–H groups in total. The van der Waals surface area contributed by atoms with Gasteiger partial charge in [-0.05, 0) is 38.7 Å². The molecule has 0 aliphatic rings. The van der Waals surface area contributed by atoms with Crippen LogP contribution >= 0.6 is 23.1 Å². The van der Waals surface area contributed by atoms with Crippen molar-refractivity contribution >= 4 is 29.1 Å². The lowest BCUT2D eigenvalue weighted by atomic mass is 10.2. The summed E-state index contributed by atoms with van der Waals surface area (Å²) in [6.45, 7) is 4.69. The smallest absolute Gasteiger partial charge is 0.191 e. The summed E-state index contributed by atoms with van der Waals surface area (Å²) in [7, 11) is 4.21. The highest BCUT2D eigenvalue weighted by molar-refractivity contribution is 7.98. The van der Waals surface area contributed by atoms with Crippen LogP contribution in [0, 0.1) is 0 Å². The molecule has 0 saturated carbocycles. The molecule has 0 amide bonds. The minimum atomic E-state index is 0.339. The first-order valence-corrected chi connectivity index (χ1v) is 9.17. The van der Waals surface area contributed by atoms with Gasteiger partial charge in [0.05, 0.1) is 12.6 Å². The lowest BCUT2D eigenvalue weighted by molar-refractivity contribution is 0.310. The van der Waals surface area contributed by atoms with Gasteiger partial charge >= 0.3 is 0 Å². The molecular formula is C14H26N4S2. The molecule has 0 aromatic carbocycles. The van der Waals surface area contributed by atoms with E-state index in [0.29, 0.717) is 6.04 Å². The summed E-state index contributed by atoms with van der Waals surface area (Å²) in [4.78, 5) is 8.30. The number of nitrogens with zero attached hydrogens (tertiary/aromatic N) is 2. The maximum Gasteiger partial charge on any atom is 0.191 e. The van der Waals surface area contributed by atoms with E-state index in [-0.39, 0.29) is 0 Å². The number of aliphatic imine (C=N–C) groups is 1. The lowest BCUT2D eigenvalue weighted by Gasteiger charge is -2.22. The zero-order valence-corrected chi connectivity index (χ0v) is 14.5. The van der Waals surface area contributed by atoms with Gasteiger partial charge in [-0.15, -0.1) is 11.3 Å². The van der Waals surface area contributed by atoms with E-state index in [1.807, 2.05) is 11.8 Å². The van der Waals surface area contributed by atoms with Crippen molar-refractivity contribution in [2.75, 3.05) is 45.7 Å². The molecule has 20 heavy (non-hydrogen) atoms. The van der Waals surface area contributed by atoms with Crippen LogP contribution in [0.1, 0.15) is 17.8 Å². The summed E-state index contributed by atoms with van der Waals surface area (Å²) in [5.74, 6) is 2.00. The topological polar surface area (TPSA) is 39.7 Å². The second-order valence-electron chi connectivity index (χ2n) is 4.63. The third-order valence-corrected chi connectivity index (χ3v) is 4.45. The average Bonchev–Trinajstić information content (AvgIpc) is 2.92. The molecule has 1 aromatic rings. The molecule has 1 rings (SSSR count). The van der Waals surface area contributed by atoms with Gasteiger partial charge in [-0.3, -0.25) is 4.99 Å². The molecule has 0 radical (unpaired) electrons. The number of hydrogen-bond donors (Lipinski definition) is 2. The monoisotopic (exact) mass is 314 g/mol. The van der Waals surface area contributed by atoms with Crippen molar-refractivity contribution in [1.29, 1.82) is 0 Å². The highest BCUT2D eigenvalue weighted by Crippen LogP contribution is 2.23. The van der Waals surface area contributed by atoms with Crippen LogP contribution in [-0.4, -0.2) is 56.6 Å². The van der Waals surface area contributed by atoms with Crippen LogP contribution < -0.4 is 10.6 Å². The van der Waals surface area contributed by atoms with Crippen molar-refractivity contribution in [2.45, 2.75) is 13.0 Å². The third kappa shape index (κ3) is 6.15. The summed E-state index contributed by atoms with van der Waals surface area (Å²) in [6.07, 6.45) is 2.12. The molecule has 0 fully saturated rings. The van der Waals surface area contributed by atoms with Crippen LogP contribution in [0.15, 0.2) is 22.5 Å². The fourth-order valence-corrected chi connectivity index (χ4v) is 3.00. The van der Waals surface area contributed by atoms with E-state index in [0.717, 1.165) is 31.3 Å². The van der Waals surface area contributed by atoms with Gasteiger partial charge in [-0.2, -0.15) is 11.8 Å². The molecule has 0 aliphatic carbocycles. The van der Waals surface area contributed by atoms with Crippen molar-refractivity contribution in [1.82, 2.24) is 15.5 Å². The van der Waals surface area contributed by atoms with Crippen LogP contribution in [0.3, 0.4) is 0 Å². The Bertz CT molecular complexity index is 377. The molecule has 0 bridgehead atoms. The Hall–Kier alpha value is -0.720. The quantitative estimate of drug-likeness (QED) is 0.439. The predicted molar refractivity (Wildman–Crippen MR) is 93.1 cm³/mol. The third-order valence-electron chi connectivity index (χ3n) is 2.86. The zero-order chi connectivity index (χ0) is 14.8. The van der Waals surface area contributed by atoms with E-state index < -0.39 is 0 Å². The van der Waals surface area contributed by atoms with Crippen molar-refractivity contribution in [3.8, 4) is 0 Å². The second kappa shape index (κ2) is 10.1. The maximum atomic E-state index is 4.71. The Morgan fingerprint density at radius 1 is 1.45 bits per heavy atom. The highest BCUT2D eigenvalue weighted by atomic mass is 32.2. The maximum absolute atomic E-state index is 4.71. The summed E-state index contributed by atoms with van der Waals surface area (Å²) in [6, 6.07) is 4.62. The Morgan fingerprint density at radius 3 is 2.80 bits per heavy atom. The fourth-order valence-electron chi connectivity index (χ4n) is 1.78.